The predicted octanol–water partition coefficient (Wildman–Crippen LogP) is -0.372. The first-order chi connectivity index (χ1) is 8.61. The lowest BCUT2D eigenvalue weighted by molar-refractivity contribution is -0.120. The molecule has 0 aromatic carbocycles. The van der Waals surface area contributed by atoms with Crippen LogP contribution in [-0.2, 0) is 9.53 Å². The van der Waals surface area contributed by atoms with E-state index in [2.05, 4.69) is 10.6 Å². The number of nitrogens with one attached hydrogen (secondary N) is 3. The highest BCUT2D eigenvalue weighted by molar-refractivity contribution is 5.84. The molecule has 0 saturated carbocycles. The van der Waals surface area contributed by atoms with Crippen LogP contribution in [0.4, 0.5) is 4.79 Å². The lowest BCUT2D eigenvalue weighted by Crippen LogP contribution is -2.46. The van der Waals surface area contributed by atoms with Crippen LogP contribution < -0.4 is 22.1 Å². The lowest BCUT2D eigenvalue weighted by Gasteiger charge is -2.22. The summed E-state index contributed by atoms with van der Waals surface area (Å²) in [6.07, 6.45) is 0.188. The molecule has 2 amide bonds. The summed E-state index contributed by atoms with van der Waals surface area (Å²) in [6, 6.07) is -0.802. The van der Waals surface area contributed by atoms with Crippen molar-refractivity contribution in [3.63, 3.8) is 0 Å². The molecule has 0 aliphatic heterocycles. The summed E-state index contributed by atoms with van der Waals surface area (Å²) >= 11 is 0. The molecule has 0 unspecified atom stereocenters. The van der Waals surface area contributed by atoms with Gasteiger partial charge in [0.25, 0.3) is 0 Å². The van der Waals surface area contributed by atoms with Crippen LogP contribution in [0.15, 0.2) is 0 Å². The summed E-state index contributed by atoms with van der Waals surface area (Å²) in [7, 11) is 0. The lowest BCUT2D eigenvalue weighted by atomic mass is 10.1. The van der Waals surface area contributed by atoms with Gasteiger partial charge in [-0.05, 0) is 33.6 Å². The van der Waals surface area contributed by atoms with Crippen molar-refractivity contribution >= 4 is 18.0 Å². The molecule has 0 bridgehead atoms. The van der Waals surface area contributed by atoms with Gasteiger partial charge in [-0.3, -0.25) is 10.2 Å². The van der Waals surface area contributed by atoms with Gasteiger partial charge in [0.2, 0.25) is 5.91 Å². The van der Waals surface area contributed by atoms with Crippen LogP contribution in [0.1, 0.15) is 33.6 Å². The second-order valence-corrected chi connectivity index (χ2v) is 5.08. The summed E-state index contributed by atoms with van der Waals surface area (Å²) < 4.78 is 5.04. The zero-order valence-electron chi connectivity index (χ0n) is 11.6. The Balaban J connectivity index is 4.16. The van der Waals surface area contributed by atoms with Crippen LogP contribution in [0.3, 0.4) is 0 Å². The number of amides is 2. The van der Waals surface area contributed by atoms with Crippen LogP contribution in [-0.4, -0.2) is 36.1 Å². The van der Waals surface area contributed by atoms with E-state index in [1.165, 1.54) is 0 Å². The van der Waals surface area contributed by atoms with Gasteiger partial charge in [0.1, 0.15) is 11.6 Å². The fraction of sp³-hybridized carbons (Fsp3) is 0.727. The molecule has 0 spiro atoms. The van der Waals surface area contributed by atoms with Crippen molar-refractivity contribution in [3.8, 4) is 0 Å². The molecule has 0 rings (SSSR count). The van der Waals surface area contributed by atoms with Crippen LogP contribution in [0, 0.1) is 5.41 Å². The van der Waals surface area contributed by atoms with Gasteiger partial charge in [0.15, 0.2) is 5.96 Å². The van der Waals surface area contributed by atoms with Gasteiger partial charge in [0, 0.05) is 6.54 Å². The van der Waals surface area contributed by atoms with Crippen molar-refractivity contribution in [1.29, 1.82) is 5.41 Å². The van der Waals surface area contributed by atoms with Crippen LogP contribution >= 0.6 is 0 Å². The molecule has 7 N–H and O–H groups in total. The highest BCUT2D eigenvalue weighted by Gasteiger charge is 2.22. The highest BCUT2D eigenvalue weighted by atomic mass is 16.6. The predicted molar refractivity (Wildman–Crippen MR) is 71.5 cm³/mol. The number of hydrogen-bond acceptors (Lipinski definition) is 4. The van der Waals surface area contributed by atoms with Crippen molar-refractivity contribution in [2.75, 3.05) is 6.54 Å². The van der Waals surface area contributed by atoms with E-state index < -0.39 is 23.6 Å². The third-order valence-corrected chi connectivity index (χ3v) is 2.02. The van der Waals surface area contributed by atoms with Gasteiger partial charge >= 0.3 is 6.09 Å². The van der Waals surface area contributed by atoms with E-state index in [-0.39, 0.29) is 5.96 Å². The van der Waals surface area contributed by atoms with Gasteiger partial charge in [-0.1, -0.05) is 0 Å². The zero-order valence-corrected chi connectivity index (χ0v) is 11.6. The molecule has 8 heteroatoms. The normalized spacial score (nSPS) is 12.4. The minimum atomic E-state index is -0.802. The minimum Gasteiger partial charge on any atom is -0.444 e. The first kappa shape index (κ1) is 17.0. The second-order valence-electron chi connectivity index (χ2n) is 5.08. The number of guanidine groups is 1. The molecule has 0 aliphatic carbocycles. The van der Waals surface area contributed by atoms with Gasteiger partial charge in [0.05, 0.1) is 0 Å². The molecular weight excluding hydrogens is 250 g/mol. The molecule has 8 nitrogen and oxygen atoms in total. The molecule has 0 aliphatic rings. The second kappa shape index (κ2) is 7.45. The number of hydrogen-bond donors (Lipinski definition) is 5. The molecule has 0 aromatic heterocycles. The summed E-state index contributed by atoms with van der Waals surface area (Å²) in [6.45, 7) is 5.60. The Morgan fingerprint density at radius 3 is 2.32 bits per heavy atom. The molecule has 19 heavy (non-hydrogen) atoms. The molecule has 0 radical (unpaired) electrons. The van der Waals surface area contributed by atoms with Crippen molar-refractivity contribution in [2.24, 2.45) is 11.5 Å². The molecule has 0 heterocycles. The Kier molecular flexibility index (Phi) is 6.67. The molecule has 0 fully saturated rings. The van der Waals surface area contributed by atoms with Gasteiger partial charge in [-0.2, -0.15) is 0 Å². The summed E-state index contributed by atoms with van der Waals surface area (Å²) in [4.78, 5) is 22.7. The van der Waals surface area contributed by atoms with Gasteiger partial charge < -0.3 is 26.8 Å². The average Bonchev–Trinajstić information content (AvgIpc) is 2.19. The van der Waals surface area contributed by atoms with Crippen molar-refractivity contribution in [1.82, 2.24) is 10.6 Å². The number of alkyl carbamates (subject to hydrolysis) is 1. The first-order valence-electron chi connectivity index (χ1n) is 5.98. The van der Waals surface area contributed by atoms with Gasteiger partial charge in [-0.15, -0.1) is 0 Å². The minimum absolute atomic E-state index is 0.143. The number of nitrogens with two attached hydrogens (primary N) is 2. The standard InChI is InChI=1S/C11H23N5O3/c1-11(2,3)19-10(18)16-7(8(12)17)5-4-6-15-9(13)14/h7H,4-6H2,1-3H3,(H2,12,17)(H,16,18)(H4,13,14,15)/t7-/m0/s1. The van der Waals surface area contributed by atoms with E-state index in [4.69, 9.17) is 21.6 Å². The maximum absolute atomic E-state index is 11.5. The number of carbonyl (C=O) groups is 2. The monoisotopic (exact) mass is 273 g/mol. The summed E-state index contributed by atoms with van der Waals surface area (Å²) in [5.74, 6) is -0.774. The first-order valence-corrected chi connectivity index (χ1v) is 5.98. The Morgan fingerprint density at radius 2 is 1.89 bits per heavy atom. The Labute approximate surface area is 112 Å². The van der Waals surface area contributed by atoms with Crippen molar-refractivity contribution in [3.05, 3.63) is 0 Å². The van der Waals surface area contributed by atoms with E-state index in [9.17, 15) is 9.59 Å². The number of carbonyl (C=O) groups excluding carboxylic acids is 2. The largest absolute Gasteiger partial charge is 0.444 e. The zero-order chi connectivity index (χ0) is 15.1. The van der Waals surface area contributed by atoms with Gasteiger partial charge in [-0.25, -0.2) is 4.79 Å². The van der Waals surface area contributed by atoms with E-state index >= 15 is 0 Å². The van der Waals surface area contributed by atoms with E-state index in [1.54, 1.807) is 20.8 Å². The fourth-order valence-electron chi connectivity index (χ4n) is 1.26. The quantitative estimate of drug-likeness (QED) is 0.255. The molecular formula is C11H23N5O3. The highest BCUT2D eigenvalue weighted by Crippen LogP contribution is 2.07. The van der Waals surface area contributed by atoms with Crippen LogP contribution in [0.5, 0.6) is 0 Å². The third kappa shape index (κ3) is 9.69. The smallest absolute Gasteiger partial charge is 0.408 e. The van der Waals surface area contributed by atoms with E-state index in [1.807, 2.05) is 0 Å². The Bertz CT molecular complexity index is 338. The molecule has 0 saturated heterocycles. The van der Waals surface area contributed by atoms with Crippen molar-refractivity contribution in [2.45, 2.75) is 45.3 Å². The van der Waals surface area contributed by atoms with Crippen LogP contribution in [0.2, 0.25) is 0 Å². The molecule has 0 aromatic rings. The maximum atomic E-state index is 11.5. The van der Waals surface area contributed by atoms with Crippen LogP contribution in [0.25, 0.3) is 0 Å². The summed E-state index contributed by atoms with van der Waals surface area (Å²) in [5, 5.41) is 12.0. The third-order valence-electron chi connectivity index (χ3n) is 2.02. The van der Waals surface area contributed by atoms with E-state index in [0.29, 0.717) is 19.4 Å². The fourth-order valence-corrected chi connectivity index (χ4v) is 1.26. The number of ether oxygens (including phenoxy) is 1. The number of rotatable bonds is 6. The SMILES string of the molecule is CC(C)(C)OC(=O)N[C@@H](CCCNC(=N)N)C(N)=O. The summed E-state index contributed by atoms with van der Waals surface area (Å²) in [5.41, 5.74) is 9.67. The number of primary amides is 1. The maximum Gasteiger partial charge on any atom is 0.408 e. The molecule has 110 valence electrons. The van der Waals surface area contributed by atoms with Crippen molar-refractivity contribution < 1.29 is 14.3 Å². The Hall–Kier alpha value is -1.99. The Morgan fingerprint density at radius 1 is 1.32 bits per heavy atom. The topological polar surface area (TPSA) is 143 Å². The molecule has 1 atom stereocenters. The van der Waals surface area contributed by atoms with E-state index in [0.717, 1.165) is 0 Å². The average molecular weight is 273 g/mol.